The molecule has 0 aromatic rings. The van der Waals surface area contributed by atoms with E-state index in [1.807, 2.05) is 30.4 Å². The Kier molecular flexibility index (Phi) is 6.52. The van der Waals surface area contributed by atoms with Crippen molar-refractivity contribution in [1.29, 1.82) is 0 Å². The van der Waals surface area contributed by atoms with E-state index < -0.39 is 0 Å². The molecule has 5 heteroatoms. The van der Waals surface area contributed by atoms with Gasteiger partial charge in [0, 0.05) is 35.1 Å². The van der Waals surface area contributed by atoms with Gasteiger partial charge < -0.3 is 10.1 Å². The lowest BCUT2D eigenvalue weighted by atomic mass is 10.2. The molecule has 1 aliphatic heterocycles. The molecule has 0 amide bonds. The highest BCUT2D eigenvalue weighted by molar-refractivity contribution is 8.06. The highest BCUT2D eigenvalue weighted by Crippen LogP contribution is 2.23. The van der Waals surface area contributed by atoms with Crippen LogP contribution in [0.1, 0.15) is 13.3 Å². The van der Waals surface area contributed by atoms with Gasteiger partial charge in [-0.3, -0.25) is 4.79 Å². The first-order valence-corrected chi connectivity index (χ1v) is 7.42. The summed E-state index contributed by atoms with van der Waals surface area (Å²) >= 11 is 4.05. The third-order valence-electron chi connectivity index (χ3n) is 2.28. The van der Waals surface area contributed by atoms with E-state index in [1.165, 1.54) is 24.4 Å². The predicted molar refractivity (Wildman–Crippen MR) is 67.7 cm³/mol. The van der Waals surface area contributed by atoms with Gasteiger partial charge in [0.1, 0.15) is 0 Å². The van der Waals surface area contributed by atoms with E-state index in [0.717, 1.165) is 6.54 Å². The van der Waals surface area contributed by atoms with Gasteiger partial charge in [-0.25, -0.2) is 0 Å². The number of thioether (sulfide) groups is 2. The van der Waals surface area contributed by atoms with E-state index >= 15 is 0 Å². The van der Waals surface area contributed by atoms with Crippen LogP contribution >= 0.6 is 23.5 Å². The Bertz CT molecular complexity index is 196. The minimum atomic E-state index is -0.138. The van der Waals surface area contributed by atoms with Gasteiger partial charge in [-0.1, -0.05) is 0 Å². The van der Waals surface area contributed by atoms with Crippen molar-refractivity contribution in [3.63, 3.8) is 0 Å². The smallest absolute Gasteiger partial charge is 0.307 e. The van der Waals surface area contributed by atoms with Gasteiger partial charge in [0.25, 0.3) is 0 Å². The van der Waals surface area contributed by atoms with E-state index in [9.17, 15) is 4.79 Å². The number of carbonyl (C=O) groups is 1. The molecule has 0 aromatic carbocycles. The Morgan fingerprint density at radius 2 is 2.40 bits per heavy atom. The Morgan fingerprint density at radius 3 is 3.00 bits per heavy atom. The van der Waals surface area contributed by atoms with Crippen molar-refractivity contribution < 1.29 is 9.53 Å². The normalized spacial score (nSPS) is 23.5. The number of esters is 1. The number of rotatable bonds is 5. The van der Waals surface area contributed by atoms with E-state index in [1.54, 1.807) is 0 Å². The summed E-state index contributed by atoms with van der Waals surface area (Å²) in [6.07, 6.45) is 0.459. The number of hydrogen-bond acceptors (Lipinski definition) is 5. The van der Waals surface area contributed by atoms with E-state index in [-0.39, 0.29) is 12.0 Å². The van der Waals surface area contributed by atoms with Crippen LogP contribution in [0.15, 0.2) is 0 Å². The Balaban J connectivity index is 2.09. The Morgan fingerprint density at radius 1 is 1.60 bits per heavy atom. The second-order valence-electron chi connectivity index (χ2n) is 3.66. The molecule has 0 spiro atoms. The molecule has 1 N–H and O–H groups in total. The summed E-state index contributed by atoms with van der Waals surface area (Å²) in [5.41, 5.74) is 0. The molecule has 0 saturated carbocycles. The third kappa shape index (κ3) is 5.68. The second-order valence-corrected chi connectivity index (χ2v) is 6.22. The summed E-state index contributed by atoms with van der Waals surface area (Å²) in [6, 6.07) is 0.213. The minimum Gasteiger partial charge on any atom is -0.469 e. The van der Waals surface area contributed by atoms with Crippen molar-refractivity contribution in [3.05, 3.63) is 0 Å². The van der Waals surface area contributed by atoms with E-state index in [0.29, 0.717) is 11.7 Å². The lowest BCUT2D eigenvalue weighted by molar-refractivity contribution is -0.141. The fourth-order valence-corrected chi connectivity index (χ4v) is 4.02. The van der Waals surface area contributed by atoms with Gasteiger partial charge in [0.05, 0.1) is 13.5 Å². The third-order valence-corrected chi connectivity index (χ3v) is 5.12. The summed E-state index contributed by atoms with van der Waals surface area (Å²) < 4.78 is 4.62. The molecule has 0 aromatic heterocycles. The first-order chi connectivity index (χ1) is 7.22. The summed E-state index contributed by atoms with van der Waals surface area (Å²) in [4.78, 5) is 11.0. The lowest BCUT2D eigenvalue weighted by Gasteiger charge is -2.23. The number of nitrogens with one attached hydrogen (secondary N) is 1. The fourth-order valence-electron chi connectivity index (χ4n) is 1.39. The van der Waals surface area contributed by atoms with Crippen molar-refractivity contribution in [2.24, 2.45) is 0 Å². The average molecular weight is 249 g/mol. The Hall–Kier alpha value is 0.130. The van der Waals surface area contributed by atoms with Crippen LogP contribution in [0.3, 0.4) is 0 Å². The zero-order valence-corrected chi connectivity index (χ0v) is 11.0. The predicted octanol–water partition coefficient (Wildman–Crippen LogP) is 1.38. The van der Waals surface area contributed by atoms with Gasteiger partial charge in [0.15, 0.2) is 0 Å². The number of ether oxygens (including phenoxy) is 1. The standard InChI is InChI=1S/C10H19NO2S2/c1-8(5-10(12)13-2)11-6-9-7-14-3-4-15-9/h8-9,11H,3-7H2,1-2H3. The van der Waals surface area contributed by atoms with E-state index in [4.69, 9.17) is 0 Å². The first-order valence-electron chi connectivity index (χ1n) is 5.22. The van der Waals surface area contributed by atoms with Crippen molar-refractivity contribution in [1.82, 2.24) is 5.32 Å². The molecular weight excluding hydrogens is 230 g/mol. The summed E-state index contributed by atoms with van der Waals surface area (Å²) in [6.45, 7) is 3.02. The minimum absolute atomic E-state index is 0.138. The highest BCUT2D eigenvalue weighted by atomic mass is 32.2. The molecule has 88 valence electrons. The molecule has 1 fully saturated rings. The largest absolute Gasteiger partial charge is 0.469 e. The maximum atomic E-state index is 11.0. The molecule has 0 radical (unpaired) electrons. The molecule has 15 heavy (non-hydrogen) atoms. The number of hydrogen-bond donors (Lipinski definition) is 1. The molecule has 1 rings (SSSR count). The molecule has 1 saturated heterocycles. The van der Waals surface area contributed by atoms with E-state index in [2.05, 4.69) is 10.1 Å². The molecule has 0 aliphatic carbocycles. The van der Waals surface area contributed by atoms with Gasteiger partial charge in [-0.2, -0.15) is 23.5 Å². The van der Waals surface area contributed by atoms with Crippen LogP contribution in [0.2, 0.25) is 0 Å². The van der Waals surface area contributed by atoms with Crippen molar-refractivity contribution in [3.8, 4) is 0 Å². The zero-order valence-electron chi connectivity index (χ0n) is 9.32. The summed E-state index contributed by atoms with van der Waals surface area (Å²) in [5, 5.41) is 4.08. The first kappa shape index (κ1) is 13.2. The molecule has 3 nitrogen and oxygen atoms in total. The molecule has 0 bridgehead atoms. The van der Waals surface area contributed by atoms with Crippen LogP contribution < -0.4 is 5.32 Å². The maximum absolute atomic E-state index is 11.0. The monoisotopic (exact) mass is 249 g/mol. The molecule has 2 atom stereocenters. The quantitative estimate of drug-likeness (QED) is 0.745. The van der Waals surface area contributed by atoms with Crippen LogP contribution in [0.4, 0.5) is 0 Å². The molecule has 1 heterocycles. The molecule has 1 aliphatic rings. The van der Waals surface area contributed by atoms with Crippen LogP contribution in [-0.4, -0.2) is 48.2 Å². The van der Waals surface area contributed by atoms with Gasteiger partial charge >= 0.3 is 5.97 Å². The fraction of sp³-hybridized carbons (Fsp3) is 0.900. The SMILES string of the molecule is COC(=O)CC(C)NCC1CSCCS1. The number of carbonyl (C=O) groups excluding carboxylic acids is 1. The van der Waals surface area contributed by atoms with Crippen LogP contribution in [-0.2, 0) is 9.53 Å². The topological polar surface area (TPSA) is 38.3 Å². The molecule has 2 unspecified atom stereocenters. The van der Waals surface area contributed by atoms with Gasteiger partial charge in [-0.05, 0) is 6.92 Å². The van der Waals surface area contributed by atoms with Crippen LogP contribution in [0.5, 0.6) is 0 Å². The van der Waals surface area contributed by atoms with Crippen molar-refractivity contribution in [2.75, 3.05) is 30.9 Å². The zero-order chi connectivity index (χ0) is 11.1. The highest BCUT2D eigenvalue weighted by Gasteiger charge is 2.16. The maximum Gasteiger partial charge on any atom is 0.307 e. The van der Waals surface area contributed by atoms with Crippen LogP contribution in [0.25, 0.3) is 0 Å². The summed E-state index contributed by atoms with van der Waals surface area (Å²) in [5.74, 6) is 3.62. The average Bonchev–Trinajstić information content (AvgIpc) is 2.27. The van der Waals surface area contributed by atoms with Crippen molar-refractivity contribution in [2.45, 2.75) is 24.6 Å². The Labute approximate surface area is 100 Å². The number of methoxy groups -OCH3 is 1. The second kappa shape index (κ2) is 7.41. The van der Waals surface area contributed by atoms with Gasteiger partial charge in [-0.15, -0.1) is 0 Å². The van der Waals surface area contributed by atoms with Crippen molar-refractivity contribution >= 4 is 29.5 Å². The lowest BCUT2D eigenvalue weighted by Crippen LogP contribution is -2.36. The van der Waals surface area contributed by atoms with Crippen LogP contribution in [0, 0.1) is 0 Å². The van der Waals surface area contributed by atoms with Gasteiger partial charge in [0.2, 0.25) is 0 Å². The molecular formula is C10H19NO2S2. The summed E-state index contributed by atoms with van der Waals surface area (Å²) in [7, 11) is 1.43.